The summed E-state index contributed by atoms with van der Waals surface area (Å²) in [5.41, 5.74) is 2.35. The third-order valence-corrected chi connectivity index (χ3v) is 9.15. The lowest BCUT2D eigenvalue weighted by Crippen LogP contribution is -2.43. The molecule has 1 heterocycles. The highest BCUT2D eigenvalue weighted by molar-refractivity contribution is 7.89. The van der Waals surface area contributed by atoms with Crippen molar-refractivity contribution in [1.29, 1.82) is 0 Å². The van der Waals surface area contributed by atoms with Crippen molar-refractivity contribution in [3.63, 3.8) is 0 Å². The average Bonchev–Trinajstić information content (AvgIpc) is 2.89. The number of rotatable bonds is 9. The van der Waals surface area contributed by atoms with Crippen LogP contribution in [-0.4, -0.2) is 50.8 Å². The van der Waals surface area contributed by atoms with Crippen LogP contribution < -0.4 is 0 Å². The summed E-state index contributed by atoms with van der Waals surface area (Å²) in [6, 6.07) is 29.9. The largest absolute Gasteiger partial charge is 0.303 e. The van der Waals surface area contributed by atoms with Crippen molar-refractivity contribution >= 4 is 10.0 Å². The summed E-state index contributed by atoms with van der Waals surface area (Å²) in [5, 5.41) is 0. The maximum absolute atomic E-state index is 13.2. The van der Waals surface area contributed by atoms with Gasteiger partial charge in [-0.1, -0.05) is 85.8 Å². The van der Waals surface area contributed by atoms with E-state index >= 15 is 0 Å². The maximum atomic E-state index is 13.2. The summed E-state index contributed by atoms with van der Waals surface area (Å²) >= 11 is 0. The molecule has 1 aliphatic heterocycles. The summed E-state index contributed by atoms with van der Waals surface area (Å²) < 4.78 is 28.0. The van der Waals surface area contributed by atoms with Crippen LogP contribution in [0.5, 0.6) is 0 Å². The molecular formula is C29H36N2O2S. The normalized spacial score (nSPS) is 17.5. The van der Waals surface area contributed by atoms with E-state index in [0.29, 0.717) is 17.4 Å². The van der Waals surface area contributed by atoms with Crippen LogP contribution in [0.4, 0.5) is 0 Å². The standard InChI is InChI=1S/C29H36N2O2S/c1-29(27-14-8-4-9-15-27,24-30(2)34(32,33)28-16-10-5-11-17-28)20-23-31-21-18-26(19-22-31)25-12-6-3-7-13-25/h3-17,26H,18-24H2,1-2H3/t29-/m0/s1. The molecule has 0 aromatic heterocycles. The summed E-state index contributed by atoms with van der Waals surface area (Å²) in [4.78, 5) is 2.89. The molecule has 4 rings (SSSR count). The van der Waals surface area contributed by atoms with Crippen LogP contribution in [-0.2, 0) is 15.4 Å². The zero-order valence-electron chi connectivity index (χ0n) is 20.3. The summed E-state index contributed by atoms with van der Waals surface area (Å²) in [5.74, 6) is 0.639. The van der Waals surface area contributed by atoms with Gasteiger partial charge >= 0.3 is 0 Å². The lowest BCUT2D eigenvalue weighted by atomic mass is 9.79. The number of nitrogens with zero attached hydrogens (tertiary/aromatic N) is 2. The average molecular weight is 477 g/mol. The van der Waals surface area contributed by atoms with E-state index in [1.54, 1.807) is 31.3 Å². The molecule has 1 saturated heterocycles. The molecule has 34 heavy (non-hydrogen) atoms. The highest BCUT2D eigenvalue weighted by Gasteiger charge is 2.33. The van der Waals surface area contributed by atoms with Gasteiger partial charge in [-0.15, -0.1) is 0 Å². The number of hydrogen-bond donors (Lipinski definition) is 0. The third kappa shape index (κ3) is 5.77. The van der Waals surface area contributed by atoms with Crippen molar-refractivity contribution in [1.82, 2.24) is 9.21 Å². The predicted molar refractivity (Wildman–Crippen MR) is 140 cm³/mol. The van der Waals surface area contributed by atoms with Crippen molar-refractivity contribution in [3.8, 4) is 0 Å². The molecule has 0 bridgehead atoms. The summed E-state index contributed by atoms with van der Waals surface area (Å²) in [6.07, 6.45) is 3.25. The molecule has 0 N–H and O–H groups in total. The van der Waals surface area contributed by atoms with Crippen molar-refractivity contribution < 1.29 is 8.42 Å². The van der Waals surface area contributed by atoms with E-state index in [4.69, 9.17) is 0 Å². The van der Waals surface area contributed by atoms with Gasteiger partial charge < -0.3 is 4.90 Å². The smallest absolute Gasteiger partial charge is 0.242 e. The lowest BCUT2D eigenvalue weighted by molar-refractivity contribution is 0.187. The van der Waals surface area contributed by atoms with E-state index in [1.165, 1.54) is 28.3 Å². The molecule has 1 aliphatic rings. The summed E-state index contributed by atoms with van der Waals surface area (Å²) in [6.45, 7) is 5.78. The minimum Gasteiger partial charge on any atom is -0.303 e. The van der Waals surface area contributed by atoms with Gasteiger partial charge in [0.2, 0.25) is 10.0 Å². The van der Waals surface area contributed by atoms with Crippen molar-refractivity contribution in [3.05, 3.63) is 102 Å². The molecular weight excluding hydrogens is 440 g/mol. The molecule has 180 valence electrons. The monoisotopic (exact) mass is 476 g/mol. The van der Waals surface area contributed by atoms with E-state index in [1.807, 2.05) is 24.3 Å². The maximum Gasteiger partial charge on any atom is 0.242 e. The first-order valence-corrected chi connectivity index (χ1v) is 13.7. The van der Waals surface area contributed by atoms with E-state index in [-0.39, 0.29) is 5.41 Å². The fourth-order valence-corrected chi connectivity index (χ4v) is 6.44. The van der Waals surface area contributed by atoms with Gasteiger partial charge in [0.1, 0.15) is 0 Å². The second-order valence-electron chi connectivity index (χ2n) is 9.78. The van der Waals surface area contributed by atoms with Crippen LogP contribution in [0.1, 0.15) is 43.2 Å². The first-order valence-electron chi connectivity index (χ1n) is 12.2. The SMILES string of the molecule is CN(C[C@](C)(CCN1CCC(c2ccccc2)CC1)c1ccccc1)S(=O)(=O)c1ccccc1. The van der Waals surface area contributed by atoms with Gasteiger partial charge in [-0.05, 0) is 68.1 Å². The zero-order chi connectivity index (χ0) is 24.0. The van der Waals surface area contributed by atoms with Gasteiger partial charge in [0.05, 0.1) is 4.90 Å². The molecule has 3 aromatic rings. The van der Waals surface area contributed by atoms with Crippen molar-refractivity contribution in [2.45, 2.75) is 42.4 Å². The van der Waals surface area contributed by atoms with Gasteiger partial charge in [0.15, 0.2) is 0 Å². The number of hydrogen-bond acceptors (Lipinski definition) is 3. The Kier molecular flexibility index (Phi) is 7.87. The molecule has 0 unspecified atom stereocenters. The van der Waals surface area contributed by atoms with E-state index in [2.05, 4.69) is 54.3 Å². The molecule has 3 aromatic carbocycles. The fraction of sp³-hybridized carbons (Fsp3) is 0.379. The molecule has 1 fully saturated rings. The Labute approximate surface area is 205 Å². The Morgan fingerprint density at radius 3 is 1.97 bits per heavy atom. The molecule has 0 amide bonds. The molecule has 0 aliphatic carbocycles. The van der Waals surface area contributed by atoms with Crippen LogP contribution in [0, 0.1) is 0 Å². The Morgan fingerprint density at radius 2 is 1.38 bits per heavy atom. The van der Waals surface area contributed by atoms with Crippen LogP contribution in [0.3, 0.4) is 0 Å². The van der Waals surface area contributed by atoms with Gasteiger partial charge in [0, 0.05) is 19.0 Å². The first-order chi connectivity index (χ1) is 16.4. The topological polar surface area (TPSA) is 40.6 Å². The predicted octanol–water partition coefficient (Wildman–Crippen LogP) is 5.53. The van der Waals surface area contributed by atoms with E-state index in [0.717, 1.165) is 26.1 Å². The number of likely N-dealkylation sites (tertiary alicyclic amines) is 1. The molecule has 0 spiro atoms. The quantitative estimate of drug-likeness (QED) is 0.407. The molecule has 4 nitrogen and oxygen atoms in total. The minimum absolute atomic E-state index is 0.284. The second-order valence-corrected chi connectivity index (χ2v) is 11.8. The Morgan fingerprint density at radius 1 is 0.853 bits per heavy atom. The lowest BCUT2D eigenvalue weighted by Gasteiger charge is -2.38. The molecule has 0 saturated carbocycles. The third-order valence-electron chi connectivity index (χ3n) is 7.33. The summed E-state index contributed by atoms with van der Waals surface area (Å²) in [7, 11) is -1.84. The van der Waals surface area contributed by atoms with E-state index < -0.39 is 10.0 Å². The van der Waals surface area contributed by atoms with Crippen molar-refractivity contribution in [2.75, 3.05) is 33.2 Å². The number of sulfonamides is 1. The molecule has 0 radical (unpaired) electrons. The van der Waals surface area contributed by atoms with Crippen LogP contribution in [0.25, 0.3) is 0 Å². The number of likely N-dealkylation sites (N-methyl/N-ethyl adjacent to an activating group) is 1. The van der Waals surface area contributed by atoms with Crippen molar-refractivity contribution in [2.24, 2.45) is 0 Å². The Hall–Kier alpha value is -2.47. The van der Waals surface area contributed by atoms with Gasteiger partial charge in [0.25, 0.3) is 0 Å². The van der Waals surface area contributed by atoms with Gasteiger partial charge in [-0.2, -0.15) is 0 Å². The molecule has 5 heteroatoms. The fourth-order valence-electron chi connectivity index (χ4n) is 5.12. The second kappa shape index (κ2) is 10.9. The van der Waals surface area contributed by atoms with Gasteiger partial charge in [-0.3, -0.25) is 0 Å². The van der Waals surface area contributed by atoms with Crippen LogP contribution >= 0.6 is 0 Å². The van der Waals surface area contributed by atoms with Crippen LogP contribution in [0.2, 0.25) is 0 Å². The number of piperidine rings is 1. The first kappa shape index (κ1) is 24.6. The Bertz CT molecular complexity index is 1130. The molecule has 1 atom stereocenters. The van der Waals surface area contributed by atoms with Gasteiger partial charge in [-0.25, -0.2) is 12.7 Å². The number of benzene rings is 3. The zero-order valence-corrected chi connectivity index (χ0v) is 21.1. The van der Waals surface area contributed by atoms with Crippen LogP contribution in [0.15, 0.2) is 95.9 Å². The Balaban J connectivity index is 1.44. The highest BCUT2D eigenvalue weighted by Crippen LogP contribution is 2.33. The van der Waals surface area contributed by atoms with E-state index in [9.17, 15) is 8.42 Å². The highest BCUT2D eigenvalue weighted by atomic mass is 32.2. The minimum atomic E-state index is -3.54.